The van der Waals surface area contributed by atoms with Crippen molar-refractivity contribution in [2.45, 2.75) is 109 Å². The fourth-order valence-corrected chi connectivity index (χ4v) is 6.48. The maximum absolute atomic E-state index is 14.1. The van der Waals surface area contributed by atoms with Crippen molar-refractivity contribution in [3.05, 3.63) is 83.9 Å². The molecule has 12 heteroatoms. The average Bonchev–Trinajstić information content (AvgIpc) is 3.14. The lowest BCUT2D eigenvalue weighted by Gasteiger charge is -2.32. The Kier molecular flexibility index (Phi) is 14.9. The number of carbonyl (C=O) groups is 6. The van der Waals surface area contributed by atoms with Gasteiger partial charge in [-0.3, -0.25) is 24.0 Å². The van der Waals surface area contributed by atoms with Crippen LogP contribution in [0.1, 0.15) is 83.8 Å². The Morgan fingerprint density at radius 2 is 1.43 bits per heavy atom. The van der Waals surface area contributed by atoms with Gasteiger partial charge in [-0.2, -0.15) is 0 Å². The zero-order chi connectivity index (χ0) is 38.4. The van der Waals surface area contributed by atoms with Crippen LogP contribution in [-0.2, 0) is 46.5 Å². The number of hydrogen-bond acceptors (Lipinski definition) is 8. The molecular weight excluding hydrogens is 676 g/mol. The van der Waals surface area contributed by atoms with Crippen LogP contribution in [0, 0.1) is 5.92 Å². The molecule has 4 N–H and O–H groups in total. The summed E-state index contributed by atoms with van der Waals surface area (Å²) in [7, 11) is 0. The highest BCUT2D eigenvalue weighted by atomic mass is 16.6. The van der Waals surface area contributed by atoms with E-state index in [1.165, 1.54) is 0 Å². The Morgan fingerprint density at radius 3 is 2.13 bits per heavy atom. The molecule has 0 bridgehead atoms. The van der Waals surface area contributed by atoms with E-state index < -0.39 is 65.8 Å². The molecule has 1 aliphatic rings. The molecule has 3 aromatic carbocycles. The van der Waals surface area contributed by atoms with Crippen LogP contribution in [-0.4, -0.2) is 65.8 Å². The summed E-state index contributed by atoms with van der Waals surface area (Å²) in [4.78, 5) is 79.8. The second-order valence-electron chi connectivity index (χ2n) is 14.5. The predicted molar refractivity (Wildman–Crippen MR) is 200 cm³/mol. The minimum absolute atomic E-state index is 0.0106. The van der Waals surface area contributed by atoms with Crippen LogP contribution in [0.25, 0.3) is 10.8 Å². The summed E-state index contributed by atoms with van der Waals surface area (Å²) >= 11 is 0. The molecule has 0 saturated heterocycles. The molecule has 0 aromatic heterocycles. The highest BCUT2D eigenvalue weighted by Gasteiger charge is 2.36. The number of hydrogen-bond donors (Lipinski definition) is 4. The van der Waals surface area contributed by atoms with Crippen molar-refractivity contribution in [1.29, 1.82) is 0 Å². The molecular formula is C41H52N4O8. The van der Waals surface area contributed by atoms with Crippen LogP contribution >= 0.6 is 0 Å². The van der Waals surface area contributed by atoms with Crippen molar-refractivity contribution < 1.29 is 38.2 Å². The lowest BCUT2D eigenvalue weighted by molar-refractivity contribution is -0.146. The number of amides is 4. The average molecular weight is 729 g/mol. The number of esters is 1. The smallest absolute Gasteiger partial charge is 0.408 e. The zero-order valence-electron chi connectivity index (χ0n) is 31.1. The van der Waals surface area contributed by atoms with Gasteiger partial charge in [-0.1, -0.05) is 105 Å². The number of rotatable bonds is 16. The van der Waals surface area contributed by atoms with Gasteiger partial charge in [-0.25, -0.2) is 4.79 Å². The summed E-state index contributed by atoms with van der Waals surface area (Å²) in [5, 5.41) is 12.5. The summed E-state index contributed by atoms with van der Waals surface area (Å²) in [6.45, 7) is 6.49. The first-order valence-corrected chi connectivity index (χ1v) is 18.4. The van der Waals surface area contributed by atoms with E-state index >= 15 is 0 Å². The molecule has 0 spiro atoms. The lowest BCUT2D eigenvalue weighted by atomic mass is 9.83. The zero-order valence-corrected chi connectivity index (χ0v) is 31.1. The number of benzene rings is 3. The van der Waals surface area contributed by atoms with Crippen molar-refractivity contribution in [2.75, 3.05) is 6.54 Å². The molecule has 4 rings (SSSR count). The fourth-order valence-electron chi connectivity index (χ4n) is 6.48. The Morgan fingerprint density at radius 1 is 0.774 bits per heavy atom. The fraction of sp³-hybridized carbons (Fsp3) is 0.463. The third kappa shape index (κ3) is 12.7. The maximum atomic E-state index is 14.1. The van der Waals surface area contributed by atoms with E-state index in [9.17, 15) is 28.8 Å². The molecule has 12 nitrogen and oxygen atoms in total. The molecule has 3 atom stereocenters. The Labute approximate surface area is 311 Å². The largest absolute Gasteiger partial charge is 0.460 e. The monoisotopic (exact) mass is 728 g/mol. The quantitative estimate of drug-likeness (QED) is 0.117. The molecule has 1 aliphatic carbocycles. The van der Waals surface area contributed by atoms with Gasteiger partial charge in [0.1, 0.15) is 30.8 Å². The molecule has 3 aromatic rings. The van der Waals surface area contributed by atoms with Crippen LogP contribution in [0.5, 0.6) is 0 Å². The summed E-state index contributed by atoms with van der Waals surface area (Å²) < 4.78 is 10.7. The SMILES string of the molecule is CCCC(NC(=O)[C@H](Cc1cccc2ccccc12)NC(=O)C(NC(=O)OC(C)(C)C)C1CCCCC1)C(=O)C(=O)NCC(=O)OCc1ccccc1. The van der Waals surface area contributed by atoms with Crippen LogP contribution in [0.3, 0.4) is 0 Å². The third-order valence-corrected chi connectivity index (χ3v) is 9.08. The van der Waals surface area contributed by atoms with E-state index in [1.807, 2.05) is 48.5 Å². The summed E-state index contributed by atoms with van der Waals surface area (Å²) in [6.07, 6.45) is 4.18. The van der Waals surface area contributed by atoms with Gasteiger partial charge in [0, 0.05) is 6.42 Å². The number of alkyl carbamates (subject to hydrolysis) is 1. The van der Waals surface area contributed by atoms with Gasteiger partial charge in [0.2, 0.25) is 17.6 Å². The minimum atomic E-state index is -1.23. The van der Waals surface area contributed by atoms with E-state index in [4.69, 9.17) is 9.47 Å². The predicted octanol–water partition coefficient (Wildman–Crippen LogP) is 5.05. The van der Waals surface area contributed by atoms with Crippen LogP contribution < -0.4 is 21.3 Å². The van der Waals surface area contributed by atoms with Crippen molar-refractivity contribution in [3.63, 3.8) is 0 Å². The Hall–Kier alpha value is -5.26. The normalized spacial score (nSPS) is 14.9. The standard InChI is InChI=1S/C41H52N4O8/c1-5-15-32(36(47)39(50)42-25-34(46)52-26-27-16-8-6-9-17-27)43-37(48)33(24-30-22-14-21-28-18-12-13-23-31(28)30)44-38(49)35(29-19-10-7-11-20-29)45-40(51)53-41(2,3)4/h6,8-9,12-14,16-18,21-23,29,32-33,35H,5,7,10-11,15,19-20,24-26H2,1-4H3,(H,42,50)(H,43,48)(H,44,49)(H,45,51)/t32?,33-,35?/m0/s1. The van der Waals surface area contributed by atoms with E-state index in [1.54, 1.807) is 52.0 Å². The van der Waals surface area contributed by atoms with Crippen molar-refractivity contribution in [1.82, 2.24) is 21.3 Å². The molecule has 2 unspecified atom stereocenters. The Balaban J connectivity index is 1.52. The van der Waals surface area contributed by atoms with Gasteiger partial charge in [-0.05, 0) is 67.9 Å². The second kappa shape index (κ2) is 19.5. The first-order valence-electron chi connectivity index (χ1n) is 18.4. The number of ether oxygens (including phenoxy) is 2. The molecule has 1 saturated carbocycles. The van der Waals surface area contributed by atoms with E-state index in [0.717, 1.165) is 54.0 Å². The van der Waals surface area contributed by atoms with Crippen molar-refractivity contribution in [3.8, 4) is 0 Å². The molecule has 284 valence electrons. The topological polar surface area (TPSA) is 169 Å². The van der Waals surface area contributed by atoms with Crippen molar-refractivity contribution >= 4 is 46.3 Å². The second-order valence-corrected chi connectivity index (χ2v) is 14.5. The summed E-state index contributed by atoms with van der Waals surface area (Å²) in [6, 6.07) is 19.0. The molecule has 1 fully saturated rings. The molecule has 0 aliphatic heterocycles. The highest BCUT2D eigenvalue weighted by molar-refractivity contribution is 6.38. The van der Waals surface area contributed by atoms with Gasteiger partial charge in [0.15, 0.2) is 0 Å². The molecule has 53 heavy (non-hydrogen) atoms. The summed E-state index contributed by atoms with van der Waals surface area (Å²) in [5.74, 6) is -4.10. The Bertz CT molecular complexity index is 1730. The van der Waals surface area contributed by atoms with Gasteiger partial charge in [0.05, 0.1) is 6.04 Å². The third-order valence-electron chi connectivity index (χ3n) is 9.08. The number of ketones is 1. The molecule has 4 amide bonds. The first-order chi connectivity index (χ1) is 25.3. The highest BCUT2D eigenvalue weighted by Crippen LogP contribution is 2.27. The van der Waals surface area contributed by atoms with Crippen LogP contribution in [0.15, 0.2) is 72.8 Å². The van der Waals surface area contributed by atoms with Crippen LogP contribution in [0.4, 0.5) is 4.79 Å². The number of nitrogens with one attached hydrogen (secondary N) is 4. The van der Waals surface area contributed by atoms with Gasteiger partial charge in [0.25, 0.3) is 5.91 Å². The first kappa shape index (κ1) is 40.5. The van der Waals surface area contributed by atoms with Gasteiger partial charge < -0.3 is 30.7 Å². The number of fused-ring (bicyclic) bond motifs is 1. The van der Waals surface area contributed by atoms with Crippen molar-refractivity contribution in [2.24, 2.45) is 5.92 Å². The van der Waals surface area contributed by atoms with Gasteiger partial charge >= 0.3 is 12.1 Å². The lowest BCUT2D eigenvalue weighted by Crippen LogP contribution is -2.59. The minimum Gasteiger partial charge on any atom is -0.460 e. The van der Waals surface area contributed by atoms with Gasteiger partial charge in [-0.15, -0.1) is 0 Å². The van der Waals surface area contributed by atoms with Crippen LogP contribution in [0.2, 0.25) is 0 Å². The van der Waals surface area contributed by atoms with E-state index in [-0.39, 0.29) is 25.4 Å². The number of Topliss-reactive ketones (excluding diaryl/α,β-unsaturated/α-hetero) is 1. The maximum Gasteiger partial charge on any atom is 0.408 e. The van der Waals surface area contributed by atoms with E-state index in [0.29, 0.717) is 6.42 Å². The summed E-state index contributed by atoms with van der Waals surface area (Å²) in [5.41, 5.74) is 0.761. The molecule has 0 radical (unpaired) electrons. The number of carbonyl (C=O) groups excluding carboxylic acids is 6. The molecule has 0 heterocycles. The van der Waals surface area contributed by atoms with E-state index in [2.05, 4.69) is 21.3 Å².